The number of rotatable bonds is 4. The van der Waals surface area contributed by atoms with Crippen LogP contribution >= 0.6 is 11.3 Å². The fourth-order valence-electron chi connectivity index (χ4n) is 2.09. The van der Waals surface area contributed by atoms with E-state index in [0.717, 1.165) is 29.1 Å². The summed E-state index contributed by atoms with van der Waals surface area (Å²) in [6.07, 6.45) is 2.17. The first-order chi connectivity index (χ1) is 7.99. The summed E-state index contributed by atoms with van der Waals surface area (Å²) in [5.41, 5.74) is 0. The molecule has 17 heavy (non-hydrogen) atoms. The molecule has 1 aliphatic rings. The van der Waals surface area contributed by atoms with Crippen molar-refractivity contribution in [2.45, 2.75) is 37.6 Å². The summed E-state index contributed by atoms with van der Waals surface area (Å²) in [6.45, 7) is 5.24. The summed E-state index contributed by atoms with van der Waals surface area (Å²) >= 11 is 1.52. The van der Waals surface area contributed by atoms with Crippen LogP contribution in [0, 0.1) is 13.8 Å². The van der Waals surface area contributed by atoms with Crippen molar-refractivity contribution in [2.24, 2.45) is 0 Å². The molecule has 1 fully saturated rings. The predicted octanol–water partition coefficient (Wildman–Crippen LogP) is 1.40. The first kappa shape index (κ1) is 13.0. The van der Waals surface area contributed by atoms with Crippen molar-refractivity contribution in [3.05, 3.63) is 15.8 Å². The van der Waals surface area contributed by atoms with Gasteiger partial charge < -0.3 is 5.32 Å². The van der Waals surface area contributed by atoms with Gasteiger partial charge in [0.15, 0.2) is 0 Å². The molecule has 4 nitrogen and oxygen atoms in total. The van der Waals surface area contributed by atoms with E-state index in [-0.39, 0.29) is 6.04 Å². The molecular weight excluding hydrogens is 256 g/mol. The van der Waals surface area contributed by atoms with Gasteiger partial charge in [-0.2, -0.15) is 0 Å². The van der Waals surface area contributed by atoms with Gasteiger partial charge in [0, 0.05) is 22.3 Å². The van der Waals surface area contributed by atoms with Gasteiger partial charge in [-0.05, 0) is 39.3 Å². The summed E-state index contributed by atoms with van der Waals surface area (Å²) in [6, 6.07) is 2.02. The number of hydrogen-bond donors (Lipinski definition) is 2. The van der Waals surface area contributed by atoms with Crippen LogP contribution in [0.15, 0.2) is 11.0 Å². The monoisotopic (exact) mass is 274 g/mol. The van der Waals surface area contributed by atoms with Crippen molar-refractivity contribution >= 4 is 21.4 Å². The molecule has 1 aromatic rings. The van der Waals surface area contributed by atoms with Crippen molar-refractivity contribution in [3.8, 4) is 0 Å². The molecular formula is C11H18N2O2S2. The second-order valence-corrected chi connectivity index (χ2v) is 7.62. The maximum atomic E-state index is 12.1. The lowest BCUT2D eigenvalue weighted by Crippen LogP contribution is -2.37. The highest BCUT2D eigenvalue weighted by Crippen LogP contribution is 2.24. The summed E-state index contributed by atoms with van der Waals surface area (Å²) in [5, 5.41) is 3.28. The molecule has 2 N–H and O–H groups in total. The summed E-state index contributed by atoms with van der Waals surface area (Å²) < 4.78 is 26.9. The molecule has 1 saturated heterocycles. The van der Waals surface area contributed by atoms with Gasteiger partial charge in [-0.1, -0.05) is 0 Å². The Morgan fingerprint density at radius 1 is 1.53 bits per heavy atom. The maximum Gasteiger partial charge on any atom is 0.241 e. The largest absolute Gasteiger partial charge is 0.313 e. The van der Waals surface area contributed by atoms with Crippen LogP contribution in [-0.2, 0) is 10.0 Å². The van der Waals surface area contributed by atoms with E-state index in [1.807, 2.05) is 13.8 Å². The second kappa shape index (κ2) is 5.06. The van der Waals surface area contributed by atoms with Crippen molar-refractivity contribution in [1.82, 2.24) is 10.0 Å². The Kier molecular flexibility index (Phi) is 3.87. The van der Waals surface area contributed by atoms with Crippen LogP contribution in [0.25, 0.3) is 0 Å². The zero-order chi connectivity index (χ0) is 12.5. The molecule has 1 aliphatic heterocycles. The lowest BCUT2D eigenvalue weighted by Gasteiger charge is -2.11. The van der Waals surface area contributed by atoms with Crippen LogP contribution in [0.2, 0.25) is 0 Å². The summed E-state index contributed by atoms with van der Waals surface area (Å²) in [7, 11) is -3.34. The molecule has 1 aromatic heterocycles. The van der Waals surface area contributed by atoms with E-state index in [9.17, 15) is 8.42 Å². The van der Waals surface area contributed by atoms with E-state index >= 15 is 0 Å². The van der Waals surface area contributed by atoms with Crippen LogP contribution in [-0.4, -0.2) is 27.5 Å². The van der Waals surface area contributed by atoms with Gasteiger partial charge in [-0.25, -0.2) is 13.1 Å². The number of nitrogens with one attached hydrogen (secondary N) is 2. The van der Waals surface area contributed by atoms with Crippen LogP contribution in [0.4, 0.5) is 0 Å². The van der Waals surface area contributed by atoms with Crippen molar-refractivity contribution in [2.75, 3.05) is 13.1 Å². The number of hydrogen-bond acceptors (Lipinski definition) is 4. The van der Waals surface area contributed by atoms with Gasteiger partial charge in [0.05, 0.1) is 4.90 Å². The molecule has 0 radical (unpaired) electrons. The van der Waals surface area contributed by atoms with Crippen molar-refractivity contribution in [1.29, 1.82) is 0 Å². The molecule has 0 aliphatic carbocycles. The normalized spacial score (nSPS) is 20.9. The fourth-order valence-corrected chi connectivity index (χ4v) is 4.73. The summed E-state index contributed by atoms with van der Waals surface area (Å²) in [5.74, 6) is 0. The highest BCUT2D eigenvalue weighted by atomic mass is 32.2. The molecule has 1 atom stereocenters. The third-order valence-electron chi connectivity index (χ3n) is 2.97. The first-order valence-electron chi connectivity index (χ1n) is 5.79. The molecule has 96 valence electrons. The Morgan fingerprint density at radius 3 is 2.82 bits per heavy atom. The molecule has 0 bridgehead atoms. The molecule has 0 spiro atoms. The minimum Gasteiger partial charge on any atom is -0.313 e. The summed E-state index contributed by atoms with van der Waals surface area (Å²) in [4.78, 5) is 2.31. The topological polar surface area (TPSA) is 58.2 Å². The second-order valence-electron chi connectivity index (χ2n) is 4.42. The molecule has 0 aromatic carbocycles. The maximum absolute atomic E-state index is 12.1. The molecule has 1 unspecified atom stereocenters. The minimum atomic E-state index is -3.34. The fraction of sp³-hybridized carbons (Fsp3) is 0.636. The quantitative estimate of drug-likeness (QED) is 0.872. The Balaban J connectivity index is 2.05. The molecule has 0 saturated carbocycles. The smallest absolute Gasteiger partial charge is 0.241 e. The van der Waals surface area contributed by atoms with E-state index in [1.54, 1.807) is 6.07 Å². The molecule has 2 rings (SSSR count). The van der Waals surface area contributed by atoms with Gasteiger partial charge >= 0.3 is 0 Å². The van der Waals surface area contributed by atoms with Crippen LogP contribution in [0.3, 0.4) is 0 Å². The number of aryl methyl sites for hydroxylation is 2. The van der Waals surface area contributed by atoms with E-state index < -0.39 is 10.0 Å². The third-order valence-corrected chi connectivity index (χ3v) is 5.61. The molecule has 2 heterocycles. The lowest BCUT2D eigenvalue weighted by molar-refractivity contribution is 0.551. The Labute approximate surface area is 106 Å². The van der Waals surface area contributed by atoms with E-state index in [4.69, 9.17) is 0 Å². The Bertz CT molecular complexity index is 488. The highest BCUT2D eigenvalue weighted by Gasteiger charge is 2.21. The average Bonchev–Trinajstić information content (AvgIpc) is 2.85. The van der Waals surface area contributed by atoms with Crippen LogP contribution < -0.4 is 10.0 Å². The van der Waals surface area contributed by atoms with Gasteiger partial charge in [-0.3, -0.25) is 0 Å². The van der Waals surface area contributed by atoms with Crippen molar-refractivity contribution in [3.63, 3.8) is 0 Å². The van der Waals surface area contributed by atoms with Gasteiger partial charge in [0.25, 0.3) is 0 Å². The Morgan fingerprint density at radius 2 is 2.29 bits per heavy atom. The van der Waals surface area contributed by atoms with Crippen LogP contribution in [0.5, 0.6) is 0 Å². The van der Waals surface area contributed by atoms with E-state index in [2.05, 4.69) is 10.0 Å². The minimum absolute atomic E-state index is 0.282. The third kappa shape index (κ3) is 3.07. The average molecular weight is 274 g/mol. The zero-order valence-electron chi connectivity index (χ0n) is 10.1. The Hall–Kier alpha value is -0.430. The lowest BCUT2D eigenvalue weighted by atomic mass is 10.2. The number of thiophene rings is 1. The van der Waals surface area contributed by atoms with E-state index in [1.165, 1.54) is 11.3 Å². The van der Waals surface area contributed by atoms with Crippen molar-refractivity contribution < 1.29 is 8.42 Å². The molecule has 0 amide bonds. The van der Waals surface area contributed by atoms with Gasteiger partial charge in [0.1, 0.15) is 0 Å². The SMILES string of the molecule is Cc1cc(S(=O)(=O)NCC2CCCN2)c(C)s1. The van der Waals surface area contributed by atoms with E-state index in [0.29, 0.717) is 11.4 Å². The highest BCUT2D eigenvalue weighted by molar-refractivity contribution is 7.89. The van der Waals surface area contributed by atoms with Gasteiger partial charge in [0.2, 0.25) is 10.0 Å². The standard InChI is InChI=1S/C11H18N2O2S2/c1-8-6-11(9(2)16-8)17(14,15)13-7-10-4-3-5-12-10/h6,10,12-13H,3-5,7H2,1-2H3. The first-order valence-corrected chi connectivity index (χ1v) is 8.09. The predicted molar refractivity (Wildman–Crippen MR) is 70.0 cm³/mol. The van der Waals surface area contributed by atoms with Gasteiger partial charge in [-0.15, -0.1) is 11.3 Å². The number of sulfonamides is 1. The van der Waals surface area contributed by atoms with Crippen LogP contribution in [0.1, 0.15) is 22.6 Å². The molecule has 6 heteroatoms. The zero-order valence-corrected chi connectivity index (χ0v) is 11.7.